The summed E-state index contributed by atoms with van der Waals surface area (Å²) >= 11 is 0. The summed E-state index contributed by atoms with van der Waals surface area (Å²) in [7, 11) is 0. The van der Waals surface area contributed by atoms with Gasteiger partial charge in [0.15, 0.2) is 11.6 Å². The van der Waals surface area contributed by atoms with Gasteiger partial charge in [-0.05, 0) is 115 Å². The number of H-pyrrole nitrogens is 2. The van der Waals surface area contributed by atoms with Crippen molar-refractivity contribution in [2.45, 2.75) is 123 Å². The molecule has 3 aliphatic carbocycles. The highest BCUT2D eigenvalue weighted by atomic mass is 16.4. The fraction of sp³-hybridized carbons (Fsp3) is 0.418. The van der Waals surface area contributed by atoms with Crippen molar-refractivity contribution in [3.05, 3.63) is 130 Å². The van der Waals surface area contributed by atoms with Crippen molar-refractivity contribution in [1.82, 2.24) is 35.5 Å². The van der Waals surface area contributed by atoms with E-state index in [4.69, 9.17) is 5.11 Å². The third-order valence-corrected chi connectivity index (χ3v) is 14.2. The van der Waals surface area contributed by atoms with Crippen LogP contribution in [0.1, 0.15) is 174 Å². The summed E-state index contributed by atoms with van der Waals surface area (Å²) < 4.78 is 0. The van der Waals surface area contributed by atoms with E-state index in [1.54, 1.807) is 47.5 Å². The first-order valence-electron chi connectivity index (χ1n) is 23.9. The van der Waals surface area contributed by atoms with Crippen LogP contribution < -0.4 is 10.6 Å². The molecule has 1 aliphatic heterocycles. The maximum absolute atomic E-state index is 13.1. The van der Waals surface area contributed by atoms with Crippen LogP contribution in [0.15, 0.2) is 85.2 Å². The molecule has 2 fully saturated rings. The van der Waals surface area contributed by atoms with Crippen molar-refractivity contribution in [2.75, 3.05) is 13.1 Å². The van der Waals surface area contributed by atoms with Crippen molar-refractivity contribution < 1.29 is 33.9 Å². The minimum absolute atomic E-state index is 0.00554. The molecule has 10 rings (SSSR count). The molecule has 14 nitrogen and oxygen atoms in total. The van der Waals surface area contributed by atoms with Crippen LogP contribution in [0.25, 0.3) is 21.8 Å². The van der Waals surface area contributed by atoms with Gasteiger partial charge in [-0.2, -0.15) is 0 Å². The third kappa shape index (κ3) is 9.84. The first-order chi connectivity index (χ1) is 32.6. The molecule has 5 N–H and O–H groups in total. The number of benzene rings is 2. The number of nitrogens with one attached hydrogen (secondary N) is 4. The molecule has 1 saturated carbocycles. The van der Waals surface area contributed by atoms with Gasteiger partial charge in [0.25, 0.3) is 17.7 Å². The fourth-order valence-corrected chi connectivity index (χ4v) is 11.4. The third-order valence-electron chi connectivity index (χ3n) is 14.2. The molecule has 360 valence electrons. The number of carbonyl (C=O) groups is 6. The van der Waals surface area contributed by atoms with E-state index < -0.39 is 11.4 Å². The van der Waals surface area contributed by atoms with E-state index in [2.05, 4.69) is 58.3 Å². The van der Waals surface area contributed by atoms with Crippen molar-refractivity contribution in [3.63, 3.8) is 0 Å². The van der Waals surface area contributed by atoms with Crippen LogP contribution in [0, 0.1) is 10.8 Å². The van der Waals surface area contributed by atoms with Crippen LogP contribution in [0.4, 0.5) is 0 Å². The Morgan fingerprint density at radius 1 is 0.609 bits per heavy atom. The fourth-order valence-electron chi connectivity index (χ4n) is 11.4. The molecular weight excluding hydrogens is 871 g/mol. The smallest absolute Gasteiger partial charge is 0.354 e. The van der Waals surface area contributed by atoms with Crippen molar-refractivity contribution in [2.24, 2.45) is 10.8 Å². The number of pyridine rings is 2. The zero-order valence-electron chi connectivity index (χ0n) is 40.8. The number of amides is 3. The Morgan fingerprint density at radius 2 is 1.07 bits per heavy atom. The van der Waals surface area contributed by atoms with Gasteiger partial charge in [-0.25, -0.2) is 9.78 Å². The Bertz CT molecular complexity index is 2980. The van der Waals surface area contributed by atoms with Crippen LogP contribution in [0.2, 0.25) is 0 Å². The highest BCUT2D eigenvalue weighted by Crippen LogP contribution is 2.49. The quantitative estimate of drug-likeness (QED) is 0.108. The maximum atomic E-state index is 13.1. The number of Topliss-reactive ketones (excluding diaryl/α,β-unsaturated/α-hetero) is 2. The molecule has 69 heavy (non-hydrogen) atoms. The van der Waals surface area contributed by atoms with Gasteiger partial charge in [0, 0.05) is 81.3 Å². The predicted molar refractivity (Wildman–Crippen MR) is 265 cm³/mol. The molecule has 2 aromatic carbocycles. The first kappa shape index (κ1) is 48.5. The van der Waals surface area contributed by atoms with E-state index in [-0.39, 0.29) is 57.3 Å². The van der Waals surface area contributed by atoms with Crippen molar-refractivity contribution in [1.29, 1.82) is 0 Å². The Balaban J connectivity index is 0.000000161. The van der Waals surface area contributed by atoms with Crippen LogP contribution in [-0.4, -0.2) is 90.4 Å². The van der Waals surface area contributed by atoms with Gasteiger partial charge in [0.2, 0.25) is 0 Å². The number of aromatic amines is 2. The largest absolute Gasteiger partial charge is 0.477 e. The summed E-state index contributed by atoms with van der Waals surface area (Å²) in [5.74, 6) is -1.00. The summed E-state index contributed by atoms with van der Waals surface area (Å²) in [5, 5.41) is 16.5. The SMILES string of the molecule is CC1(C)CC(C)(C)c2c([nH]c3ccc(C(=O)NC4CCCC4)cc23)C1=O.CC1(C)CC(C)(C)c2c([nH]c3ccc(C(=O)NC4CCN(C(=O)c5ccccn5)C4)cc23)C1=O.O=C(O)c1ccccn1. The number of aromatic carboxylic acids is 1. The molecule has 1 unspecified atom stereocenters. The molecule has 0 spiro atoms. The van der Waals surface area contributed by atoms with E-state index in [0.29, 0.717) is 48.1 Å². The molecule has 0 bridgehead atoms. The second-order valence-electron chi connectivity index (χ2n) is 21.7. The predicted octanol–water partition coefficient (Wildman–Crippen LogP) is 9.61. The van der Waals surface area contributed by atoms with Gasteiger partial charge in [0.1, 0.15) is 11.4 Å². The van der Waals surface area contributed by atoms with Gasteiger partial charge in [-0.15, -0.1) is 0 Å². The highest BCUT2D eigenvalue weighted by molar-refractivity contribution is 6.10. The number of fused-ring (bicyclic) bond motifs is 6. The molecule has 4 aliphatic rings. The molecule has 6 aromatic rings. The lowest BCUT2D eigenvalue weighted by Crippen LogP contribution is -2.39. The van der Waals surface area contributed by atoms with Crippen LogP contribution >= 0.6 is 0 Å². The average Bonchev–Trinajstić information content (AvgIpc) is 4.14. The number of hydrogen-bond donors (Lipinski definition) is 5. The molecule has 1 atom stereocenters. The van der Waals surface area contributed by atoms with Gasteiger partial charge in [0.05, 0.1) is 11.4 Å². The van der Waals surface area contributed by atoms with E-state index in [1.165, 1.54) is 25.1 Å². The minimum Gasteiger partial charge on any atom is -0.477 e. The number of likely N-dealkylation sites (tertiary alicyclic amines) is 1. The lowest BCUT2D eigenvalue weighted by atomic mass is 9.63. The lowest BCUT2D eigenvalue weighted by molar-refractivity contribution is 0.0688. The number of hydrogen-bond acceptors (Lipinski definition) is 8. The van der Waals surface area contributed by atoms with Gasteiger partial charge in [-0.3, -0.25) is 29.0 Å². The second kappa shape index (κ2) is 18.5. The lowest BCUT2D eigenvalue weighted by Gasteiger charge is -2.39. The molecule has 14 heteroatoms. The van der Waals surface area contributed by atoms with E-state index in [1.807, 2.05) is 58.0 Å². The molecular formula is C55H63N7O7. The summed E-state index contributed by atoms with van der Waals surface area (Å²) in [6, 6.07) is 21.5. The molecule has 4 aromatic heterocycles. The number of rotatable bonds is 6. The minimum atomic E-state index is -0.990. The number of carboxylic acid groups (broad SMARTS) is 1. The number of carboxylic acids is 1. The second-order valence-corrected chi connectivity index (χ2v) is 21.7. The van der Waals surface area contributed by atoms with E-state index >= 15 is 0 Å². The normalized spacial score (nSPS) is 19.7. The van der Waals surface area contributed by atoms with Crippen molar-refractivity contribution in [3.8, 4) is 0 Å². The topological polar surface area (TPSA) is 207 Å². The number of carbonyl (C=O) groups excluding carboxylic acids is 5. The molecule has 1 saturated heterocycles. The molecule has 3 amide bonds. The zero-order chi connectivity index (χ0) is 49.6. The van der Waals surface area contributed by atoms with Gasteiger partial charge >= 0.3 is 5.97 Å². The zero-order valence-corrected chi connectivity index (χ0v) is 40.8. The highest BCUT2D eigenvalue weighted by Gasteiger charge is 2.47. The molecule has 5 heterocycles. The van der Waals surface area contributed by atoms with E-state index in [9.17, 15) is 28.8 Å². The number of aromatic nitrogens is 4. The number of ketones is 2. The molecule has 0 radical (unpaired) electrons. The monoisotopic (exact) mass is 933 g/mol. The van der Waals surface area contributed by atoms with Crippen LogP contribution in [-0.2, 0) is 10.8 Å². The summed E-state index contributed by atoms with van der Waals surface area (Å²) in [5.41, 5.74) is 5.85. The maximum Gasteiger partial charge on any atom is 0.354 e. The Morgan fingerprint density at radius 3 is 1.51 bits per heavy atom. The Labute approximate surface area is 402 Å². The van der Waals surface area contributed by atoms with Gasteiger partial charge < -0.3 is 30.6 Å². The summed E-state index contributed by atoms with van der Waals surface area (Å²) in [6.45, 7) is 17.8. The Kier molecular flexibility index (Phi) is 13.0. The summed E-state index contributed by atoms with van der Waals surface area (Å²) in [6.07, 6.45) is 9.84. The number of nitrogens with zero attached hydrogens (tertiary/aromatic N) is 3. The van der Waals surface area contributed by atoms with Crippen LogP contribution in [0.5, 0.6) is 0 Å². The standard InChI is InChI=1S/C27H30N4O3.C22H28N2O2.C6H5NO2/c1-26(2)15-27(3,4)23(32)22-21(26)18-13-16(8-9-19(18)30-22)24(33)29-17-10-12-31(14-17)25(34)20-7-5-6-11-28-20;1-21(2)12-22(3,4)19(25)18-17(21)15-11-13(9-10-16(15)24-18)20(26)23-14-7-5-6-8-14;8-6(9)5-3-1-2-4-7-5/h5-9,11,13,17,30H,10,12,14-15H2,1-4H3,(H,29,33);9-11,14,24H,5-8,12H2,1-4H3,(H,23,26);1-4H,(H,8,9). The average molecular weight is 934 g/mol. The first-order valence-corrected chi connectivity index (χ1v) is 23.9. The van der Waals surface area contributed by atoms with E-state index in [0.717, 1.165) is 64.3 Å². The van der Waals surface area contributed by atoms with Gasteiger partial charge in [-0.1, -0.05) is 80.4 Å². The Hall–Kier alpha value is -6.96. The van der Waals surface area contributed by atoms with Crippen LogP contribution in [0.3, 0.4) is 0 Å². The summed E-state index contributed by atoms with van der Waals surface area (Å²) in [4.78, 5) is 90.7. The van der Waals surface area contributed by atoms with Crippen molar-refractivity contribution >= 4 is 57.1 Å².